The van der Waals surface area contributed by atoms with Crippen LogP contribution in [-0.2, 0) is 19.6 Å². The highest BCUT2D eigenvalue weighted by Gasteiger charge is 2.56. The first-order valence-corrected chi connectivity index (χ1v) is 9.14. The normalized spacial score (nSPS) is 24.7. The Morgan fingerprint density at radius 3 is 2.27 bits per heavy atom. The number of ether oxygens (including phenoxy) is 1. The number of likely N-dealkylation sites (tertiary alicyclic amines) is 1. The number of nitrogens with zero attached hydrogens (tertiary/aromatic N) is 2. The van der Waals surface area contributed by atoms with Gasteiger partial charge in [-0.15, -0.1) is 0 Å². The van der Waals surface area contributed by atoms with E-state index in [1.807, 2.05) is 0 Å². The molecular weight excluding hydrogens is 308 g/mol. The summed E-state index contributed by atoms with van der Waals surface area (Å²) >= 11 is 0. The molecule has 7 nitrogen and oxygen atoms in total. The lowest BCUT2D eigenvalue weighted by molar-refractivity contribution is -0.126. The number of amides is 1. The molecule has 0 aliphatic carbocycles. The van der Waals surface area contributed by atoms with E-state index < -0.39 is 33.0 Å². The SMILES string of the molecule is CCN1C2(CCN(C(=O)OC(C)(C)C)CC2)C(=O)CS1(=O)=O. The minimum absolute atomic E-state index is 0.252. The first-order valence-electron chi connectivity index (χ1n) is 7.53. The summed E-state index contributed by atoms with van der Waals surface area (Å²) in [5.41, 5.74) is -1.54. The van der Waals surface area contributed by atoms with Gasteiger partial charge >= 0.3 is 6.09 Å². The number of likely N-dealkylation sites (N-methyl/N-ethyl adjacent to an activating group) is 1. The number of ketones is 1. The maximum Gasteiger partial charge on any atom is 0.410 e. The highest BCUT2D eigenvalue weighted by molar-refractivity contribution is 7.90. The van der Waals surface area contributed by atoms with E-state index in [9.17, 15) is 18.0 Å². The number of Topliss-reactive ketones (excluding diaryl/α,β-unsaturated/α-hetero) is 1. The number of carbonyl (C=O) groups excluding carboxylic acids is 2. The lowest BCUT2D eigenvalue weighted by atomic mass is 9.84. The van der Waals surface area contributed by atoms with Crippen LogP contribution in [0.25, 0.3) is 0 Å². The number of hydrogen-bond acceptors (Lipinski definition) is 5. The fourth-order valence-electron chi connectivity index (χ4n) is 3.20. The third-order valence-corrected chi connectivity index (χ3v) is 6.08. The molecule has 0 unspecified atom stereocenters. The van der Waals surface area contributed by atoms with Crippen LogP contribution in [0.15, 0.2) is 0 Å². The van der Waals surface area contributed by atoms with E-state index in [4.69, 9.17) is 4.74 Å². The maximum atomic E-state index is 12.3. The second kappa shape index (κ2) is 5.49. The van der Waals surface area contributed by atoms with Gasteiger partial charge in [0.1, 0.15) is 11.4 Å². The zero-order valence-electron chi connectivity index (χ0n) is 13.6. The van der Waals surface area contributed by atoms with Gasteiger partial charge in [-0.1, -0.05) is 6.92 Å². The van der Waals surface area contributed by atoms with E-state index >= 15 is 0 Å². The minimum Gasteiger partial charge on any atom is -0.444 e. The fraction of sp³-hybridized carbons (Fsp3) is 0.857. The van der Waals surface area contributed by atoms with E-state index in [0.29, 0.717) is 25.9 Å². The second-order valence-electron chi connectivity index (χ2n) is 6.84. The monoisotopic (exact) mass is 332 g/mol. The third kappa shape index (κ3) is 2.99. The Kier molecular flexibility index (Phi) is 4.29. The van der Waals surface area contributed by atoms with E-state index in [1.165, 1.54) is 4.31 Å². The number of rotatable bonds is 1. The molecule has 0 aromatic rings. The van der Waals surface area contributed by atoms with Gasteiger partial charge in [0.2, 0.25) is 10.0 Å². The zero-order chi connectivity index (χ0) is 16.8. The van der Waals surface area contributed by atoms with Gasteiger partial charge in [-0.3, -0.25) is 4.79 Å². The molecule has 0 radical (unpaired) electrons. The van der Waals surface area contributed by atoms with Gasteiger partial charge in [0.05, 0.1) is 5.54 Å². The molecule has 2 aliphatic rings. The highest BCUT2D eigenvalue weighted by atomic mass is 32.2. The van der Waals surface area contributed by atoms with Crippen molar-refractivity contribution in [3.8, 4) is 0 Å². The van der Waals surface area contributed by atoms with Crippen molar-refractivity contribution in [1.29, 1.82) is 0 Å². The summed E-state index contributed by atoms with van der Waals surface area (Å²) in [7, 11) is -3.51. The topological polar surface area (TPSA) is 84.0 Å². The Hall–Kier alpha value is -1.15. The number of sulfonamides is 1. The van der Waals surface area contributed by atoms with Gasteiger partial charge in [-0.2, -0.15) is 4.31 Å². The molecule has 0 bridgehead atoms. The van der Waals surface area contributed by atoms with Gasteiger partial charge in [0, 0.05) is 19.6 Å². The smallest absolute Gasteiger partial charge is 0.410 e. The van der Waals surface area contributed by atoms with Gasteiger partial charge in [-0.05, 0) is 33.6 Å². The van der Waals surface area contributed by atoms with Crippen molar-refractivity contribution in [2.24, 2.45) is 0 Å². The van der Waals surface area contributed by atoms with Crippen LogP contribution < -0.4 is 0 Å². The van der Waals surface area contributed by atoms with E-state index in [-0.39, 0.29) is 12.3 Å². The summed E-state index contributed by atoms with van der Waals surface area (Å²) in [5, 5.41) is 0. The van der Waals surface area contributed by atoms with Crippen LogP contribution in [0.2, 0.25) is 0 Å². The Bertz CT molecular complexity index is 571. The Labute approximate surface area is 131 Å². The van der Waals surface area contributed by atoms with Crippen molar-refractivity contribution >= 4 is 21.9 Å². The average molecular weight is 332 g/mol. The van der Waals surface area contributed by atoms with Crippen LogP contribution >= 0.6 is 0 Å². The molecule has 22 heavy (non-hydrogen) atoms. The van der Waals surface area contributed by atoms with Crippen LogP contribution in [0.1, 0.15) is 40.5 Å². The lowest BCUT2D eigenvalue weighted by Gasteiger charge is -2.42. The summed E-state index contributed by atoms with van der Waals surface area (Å²) in [6.07, 6.45) is 0.245. The molecule has 0 saturated carbocycles. The molecule has 0 aromatic carbocycles. The minimum atomic E-state index is -3.51. The molecule has 2 fully saturated rings. The number of piperidine rings is 1. The van der Waals surface area contributed by atoms with Crippen LogP contribution in [0, 0.1) is 0 Å². The molecular formula is C14H24N2O5S. The van der Waals surface area contributed by atoms with Crippen molar-refractivity contribution in [3.05, 3.63) is 0 Å². The summed E-state index contributed by atoms with van der Waals surface area (Å²) in [4.78, 5) is 25.9. The van der Waals surface area contributed by atoms with Crippen LogP contribution in [0.3, 0.4) is 0 Å². The molecule has 0 N–H and O–H groups in total. The molecule has 2 heterocycles. The average Bonchev–Trinajstić information content (AvgIpc) is 2.54. The predicted octanol–water partition coefficient (Wildman–Crippen LogP) is 0.991. The standard InChI is InChI=1S/C14H24N2O5S/c1-5-16-14(11(17)10-22(16,19)20)6-8-15(9-7-14)12(18)21-13(2,3)4/h5-10H2,1-4H3. The Morgan fingerprint density at radius 2 is 1.82 bits per heavy atom. The lowest BCUT2D eigenvalue weighted by Crippen LogP contribution is -2.57. The van der Waals surface area contributed by atoms with Crippen molar-refractivity contribution < 1.29 is 22.7 Å². The maximum absolute atomic E-state index is 12.3. The third-order valence-electron chi connectivity index (χ3n) is 4.18. The molecule has 1 spiro atoms. The first-order chi connectivity index (χ1) is 10.0. The van der Waals surface area contributed by atoms with Crippen LogP contribution in [0.5, 0.6) is 0 Å². The van der Waals surface area contributed by atoms with Crippen LogP contribution in [-0.4, -0.2) is 66.0 Å². The summed E-state index contributed by atoms with van der Waals surface area (Å²) in [6.45, 7) is 8.05. The summed E-state index contributed by atoms with van der Waals surface area (Å²) < 4.78 is 30.8. The second-order valence-corrected chi connectivity index (χ2v) is 8.74. The van der Waals surface area contributed by atoms with Crippen LogP contribution in [0.4, 0.5) is 4.79 Å². The Balaban J connectivity index is 2.11. The van der Waals surface area contributed by atoms with Gasteiger partial charge in [-0.25, -0.2) is 13.2 Å². The zero-order valence-corrected chi connectivity index (χ0v) is 14.4. The van der Waals surface area contributed by atoms with Crippen molar-refractivity contribution in [1.82, 2.24) is 9.21 Å². The summed E-state index contributed by atoms with van der Waals surface area (Å²) in [5.74, 6) is -0.675. The largest absolute Gasteiger partial charge is 0.444 e. The van der Waals surface area contributed by atoms with E-state index in [0.717, 1.165) is 0 Å². The molecule has 0 atom stereocenters. The summed E-state index contributed by atoms with van der Waals surface area (Å²) in [6, 6.07) is 0. The molecule has 2 saturated heterocycles. The highest BCUT2D eigenvalue weighted by Crippen LogP contribution is 2.37. The molecule has 1 amide bonds. The molecule has 0 aromatic heterocycles. The van der Waals surface area contributed by atoms with E-state index in [2.05, 4.69) is 0 Å². The molecule has 126 valence electrons. The van der Waals surface area contributed by atoms with Gasteiger partial charge < -0.3 is 9.64 Å². The van der Waals surface area contributed by atoms with E-state index in [1.54, 1.807) is 32.6 Å². The number of carbonyl (C=O) groups is 2. The molecule has 8 heteroatoms. The predicted molar refractivity (Wildman–Crippen MR) is 80.9 cm³/mol. The molecule has 2 aliphatic heterocycles. The van der Waals surface area contributed by atoms with Gasteiger partial charge in [0.15, 0.2) is 5.78 Å². The van der Waals surface area contributed by atoms with Gasteiger partial charge in [0.25, 0.3) is 0 Å². The Morgan fingerprint density at radius 1 is 1.27 bits per heavy atom. The molecule has 2 rings (SSSR count). The van der Waals surface area contributed by atoms with Crippen molar-refractivity contribution in [2.45, 2.75) is 51.7 Å². The fourth-order valence-corrected chi connectivity index (χ4v) is 5.16. The quantitative estimate of drug-likeness (QED) is 0.715. The number of hydrogen-bond donors (Lipinski definition) is 0. The van der Waals surface area contributed by atoms with Crippen molar-refractivity contribution in [3.63, 3.8) is 0 Å². The van der Waals surface area contributed by atoms with Crippen molar-refractivity contribution in [2.75, 3.05) is 25.4 Å². The first kappa shape index (κ1) is 17.2.